The molecule has 0 aromatic rings. The van der Waals surface area contributed by atoms with E-state index in [-0.39, 0.29) is 11.8 Å². The summed E-state index contributed by atoms with van der Waals surface area (Å²) in [5.41, 5.74) is 5.58. The Kier molecular flexibility index (Phi) is 6.10. The molecule has 1 amide bonds. The fourth-order valence-corrected chi connectivity index (χ4v) is 3.07. The zero-order valence-electron chi connectivity index (χ0n) is 9.50. The van der Waals surface area contributed by atoms with E-state index in [1.54, 1.807) is 0 Å². The van der Waals surface area contributed by atoms with Gasteiger partial charge >= 0.3 is 0 Å². The minimum absolute atomic E-state index is 0.0152. The second kappa shape index (κ2) is 7.12. The molecule has 88 valence electrons. The van der Waals surface area contributed by atoms with Gasteiger partial charge in [0, 0.05) is 18.3 Å². The Labute approximate surface area is 96.6 Å². The van der Waals surface area contributed by atoms with Crippen molar-refractivity contribution in [2.75, 3.05) is 18.8 Å². The van der Waals surface area contributed by atoms with Gasteiger partial charge in [-0.1, -0.05) is 13.3 Å². The van der Waals surface area contributed by atoms with Gasteiger partial charge in [-0.3, -0.25) is 4.79 Å². The lowest BCUT2D eigenvalue weighted by molar-refractivity contribution is -0.124. The lowest BCUT2D eigenvalue weighted by Crippen LogP contribution is -2.37. The van der Waals surface area contributed by atoms with Crippen LogP contribution < -0.4 is 11.1 Å². The number of nitrogens with one attached hydrogen (secondary N) is 1. The molecule has 2 unspecified atom stereocenters. The molecule has 15 heavy (non-hydrogen) atoms. The molecule has 1 saturated heterocycles. The van der Waals surface area contributed by atoms with Crippen molar-refractivity contribution in [1.29, 1.82) is 0 Å². The van der Waals surface area contributed by atoms with Gasteiger partial charge in [0.1, 0.15) is 0 Å². The Hall–Kier alpha value is -0.220. The van der Waals surface area contributed by atoms with Crippen LogP contribution in [-0.4, -0.2) is 30.0 Å². The molecule has 1 aliphatic heterocycles. The first-order chi connectivity index (χ1) is 7.27. The molecular weight excluding hydrogens is 208 g/mol. The number of hydrogen-bond donors (Lipinski definition) is 2. The summed E-state index contributed by atoms with van der Waals surface area (Å²) < 4.78 is 0. The first-order valence-electron chi connectivity index (χ1n) is 5.87. The first-order valence-corrected chi connectivity index (χ1v) is 6.92. The van der Waals surface area contributed by atoms with E-state index >= 15 is 0 Å². The predicted octanol–water partition coefficient (Wildman–Crippen LogP) is 1.37. The van der Waals surface area contributed by atoms with Gasteiger partial charge in [0.25, 0.3) is 0 Å². The van der Waals surface area contributed by atoms with Crippen LogP contribution in [0.1, 0.15) is 32.6 Å². The minimum atomic E-state index is 0.0152. The average Bonchev–Trinajstić information content (AvgIpc) is 2.75. The molecule has 0 radical (unpaired) electrons. The summed E-state index contributed by atoms with van der Waals surface area (Å²) >= 11 is 1.97. The maximum absolute atomic E-state index is 11.7. The number of carbonyl (C=O) groups excluding carboxylic acids is 1. The molecule has 3 nitrogen and oxygen atoms in total. The van der Waals surface area contributed by atoms with Crippen LogP contribution >= 0.6 is 11.8 Å². The Bertz CT molecular complexity index is 193. The zero-order chi connectivity index (χ0) is 11.1. The van der Waals surface area contributed by atoms with Gasteiger partial charge in [-0.05, 0) is 25.0 Å². The molecule has 0 aromatic carbocycles. The molecule has 0 aliphatic carbocycles. The third-order valence-corrected chi connectivity index (χ3v) is 4.22. The summed E-state index contributed by atoms with van der Waals surface area (Å²) in [4.78, 5) is 11.7. The van der Waals surface area contributed by atoms with Gasteiger partial charge in [-0.25, -0.2) is 0 Å². The third-order valence-electron chi connectivity index (χ3n) is 2.82. The summed E-state index contributed by atoms with van der Waals surface area (Å²) in [6.07, 6.45) is 4.46. The molecule has 3 N–H and O–H groups in total. The number of amides is 1. The summed E-state index contributed by atoms with van der Waals surface area (Å²) in [5.74, 6) is 1.41. The predicted molar refractivity (Wildman–Crippen MR) is 65.9 cm³/mol. The van der Waals surface area contributed by atoms with E-state index in [0.717, 1.165) is 19.4 Å². The summed E-state index contributed by atoms with van der Waals surface area (Å²) in [5, 5.41) is 3.65. The standard InChI is InChI=1S/C11H22N2OS/c1-2-4-9(7-12)11(14)13-8-10-5-3-6-15-10/h9-10H,2-8,12H2,1H3,(H,13,14). The quantitative estimate of drug-likeness (QED) is 0.724. The highest BCUT2D eigenvalue weighted by atomic mass is 32.2. The van der Waals surface area contributed by atoms with E-state index in [1.165, 1.54) is 18.6 Å². The van der Waals surface area contributed by atoms with E-state index in [1.807, 2.05) is 11.8 Å². The van der Waals surface area contributed by atoms with Crippen molar-refractivity contribution in [3.63, 3.8) is 0 Å². The van der Waals surface area contributed by atoms with Crippen LogP contribution in [-0.2, 0) is 4.79 Å². The van der Waals surface area contributed by atoms with Crippen LogP contribution in [0.25, 0.3) is 0 Å². The van der Waals surface area contributed by atoms with E-state index in [0.29, 0.717) is 11.8 Å². The van der Waals surface area contributed by atoms with Crippen molar-refractivity contribution in [1.82, 2.24) is 5.32 Å². The van der Waals surface area contributed by atoms with E-state index in [4.69, 9.17) is 5.73 Å². The lowest BCUT2D eigenvalue weighted by atomic mass is 10.0. The van der Waals surface area contributed by atoms with E-state index < -0.39 is 0 Å². The molecule has 0 bridgehead atoms. The van der Waals surface area contributed by atoms with Crippen LogP contribution in [0.4, 0.5) is 0 Å². The molecular formula is C11H22N2OS. The normalized spacial score (nSPS) is 22.7. The Morgan fingerprint density at radius 3 is 3.00 bits per heavy atom. The average molecular weight is 230 g/mol. The van der Waals surface area contributed by atoms with Gasteiger partial charge in [0.05, 0.1) is 5.92 Å². The number of thioether (sulfide) groups is 1. The molecule has 1 fully saturated rings. The maximum atomic E-state index is 11.7. The van der Waals surface area contributed by atoms with Crippen molar-refractivity contribution < 1.29 is 4.79 Å². The van der Waals surface area contributed by atoms with Gasteiger partial charge in [-0.15, -0.1) is 0 Å². The number of nitrogens with two attached hydrogens (primary N) is 1. The van der Waals surface area contributed by atoms with Crippen LogP contribution in [0.3, 0.4) is 0 Å². The Balaban J connectivity index is 2.20. The molecule has 1 aliphatic rings. The van der Waals surface area contributed by atoms with Crippen LogP contribution in [0.5, 0.6) is 0 Å². The summed E-state index contributed by atoms with van der Waals surface area (Å²) in [6.45, 7) is 3.38. The van der Waals surface area contributed by atoms with E-state index in [9.17, 15) is 4.79 Å². The van der Waals surface area contributed by atoms with Gasteiger partial charge in [0.15, 0.2) is 0 Å². The number of hydrogen-bond acceptors (Lipinski definition) is 3. The lowest BCUT2D eigenvalue weighted by Gasteiger charge is -2.15. The second-order valence-corrected chi connectivity index (χ2v) is 5.51. The monoisotopic (exact) mass is 230 g/mol. The molecule has 1 heterocycles. The highest BCUT2D eigenvalue weighted by Crippen LogP contribution is 2.25. The molecule has 0 aromatic heterocycles. The topological polar surface area (TPSA) is 55.1 Å². The summed E-state index contributed by atoms with van der Waals surface area (Å²) in [7, 11) is 0. The molecule has 1 rings (SSSR count). The number of carbonyl (C=O) groups is 1. The van der Waals surface area contributed by atoms with Gasteiger partial charge in [-0.2, -0.15) is 11.8 Å². The third kappa shape index (κ3) is 4.43. The minimum Gasteiger partial charge on any atom is -0.355 e. The second-order valence-electron chi connectivity index (χ2n) is 4.10. The van der Waals surface area contributed by atoms with Gasteiger partial charge < -0.3 is 11.1 Å². The molecule has 0 spiro atoms. The smallest absolute Gasteiger partial charge is 0.224 e. The van der Waals surface area contributed by atoms with Gasteiger partial charge in [0.2, 0.25) is 5.91 Å². The molecule has 0 saturated carbocycles. The highest BCUT2D eigenvalue weighted by Gasteiger charge is 2.19. The fourth-order valence-electron chi connectivity index (χ4n) is 1.87. The van der Waals surface area contributed by atoms with Crippen molar-refractivity contribution >= 4 is 17.7 Å². The number of rotatable bonds is 6. The molecule has 4 heteroatoms. The first kappa shape index (κ1) is 12.8. The van der Waals surface area contributed by atoms with Crippen molar-refractivity contribution in [2.24, 2.45) is 11.7 Å². The molecule has 2 atom stereocenters. The van der Waals surface area contributed by atoms with Crippen molar-refractivity contribution in [2.45, 2.75) is 37.9 Å². The van der Waals surface area contributed by atoms with E-state index in [2.05, 4.69) is 12.2 Å². The fraction of sp³-hybridized carbons (Fsp3) is 0.909. The van der Waals surface area contributed by atoms with Crippen molar-refractivity contribution in [3.05, 3.63) is 0 Å². The SMILES string of the molecule is CCCC(CN)C(=O)NCC1CCCS1. The Morgan fingerprint density at radius 2 is 2.47 bits per heavy atom. The van der Waals surface area contributed by atoms with Crippen LogP contribution in [0, 0.1) is 5.92 Å². The zero-order valence-corrected chi connectivity index (χ0v) is 10.3. The van der Waals surface area contributed by atoms with Crippen LogP contribution in [0.15, 0.2) is 0 Å². The van der Waals surface area contributed by atoms with Crippen molar-refractivity contribution in [3.8, 4) is 0 Å². The maximum Gasteiger partial charge on any atom is 0.224 e. The highest BCUT2D eigenvalue weighted by molar-refractivity contribution is 8.00. The Morgan fingerprint density at radius 1 is 1.67 bits per heavy atom. The van der Waals surface area contributed by atoms with Crippen LogP contribution in [0.2, 0.25) is 0 Å². The summed E-state index contributed by atoms with van der Waals surface area (Å²) in [6, 6.07) is 0. The largest absolute Gasteiger partial charge is 0.355 e.